The molecule has 0 saturated heterocycles. The van der Waals surface area contributed by atoms with Crippen molar-refractivity contribution >= 4 is 11.6 Å². The summed E-state index contributed by atoms with van der Waals surface area (Å²) in [5.41, 5.74) is 1.92. The molecule has 0 heterocycles. The van der Waals surface area contributed by atoms with E-state index >= 15 is 0 Å². The summed E-state index contributed by atoms with van der Waals surface area (Å²) in [6.45, 7) is 8.21. The van der Waals surface area contributed by atoms with E-state index in [1.165, 1.54) is 0 Å². The van der Waals surface area contributed by atoms with Gasteiger partial charge in [0.25, 0.3) is 0 Å². The molecular formula is C12H17ClO. The number of benzene rings is 1. The highest BCUT2D eigenvalue weighted by atomic mass is 35.5. The standard InChI is InChI=1S/C12H17ClO/c1-7(2)9-5-6-10(8(3)4)12(14)11(9)13/h5-8,14H,1-4H3. The summed E-state index contributed by atoms with van der Waals surface area (Å²) < 4.78 is 0. The number of halogens is 1. The van der Waals surface area contributed by atoms with E-state index in [1.807, 2.05) is 26.0 Å². The molecule has 78 valence electrons. The molecule has 1 N–H and O–H groups in total. The molecule has 0 aliphatic rings. The Morgan fingerprint density at radius 3 is 1.86 bits per heavy atom. The van der Waals surface area contributed by atoms with E-state index in [0.717, 1.165) is 11.1 Å². The zero-order chi connectivity index (χ0) is 10.9. The Balaban J connectivity index is 3.26. The second-order valence-corrected chi connectivity index (χ2v) is 4.59. The minimum absolute atomic E-state index is 0.243. The van der Waals surface area contributed by atoms with Gasteiger partial charge >= 0.3 is 0 Å². The lowest BCUT2D eigenvalue weighted by Gasteiger charge is -2.14. The summed E-state index contributed by atoms with van der Waals surface area (Å²) >= 11 is 6.09. The molecule has 14 heavy (non-hydrogen) atoms. The van der Waals surface area contributed by atoms with Gasteiger partial charge in [0, 0.05) is 0 Å². The summed E-state index contributed by atoms with van der Waals surface area (Å²) in [6, 6.07) is 3.96. The van der Waals surface area contributed by atoms with Crippen molar-refractivity contribution in [3.63, 3.8) is 0 Å². The highest BCUT2D eigenvalue weighted by Crippen LogP contribution is 2.37. The monoisotopic (exact) mass is 212 g/mol. The lowest BCUT2D eigenvalue weighted by molar-refractivity contribution is 0.464. The van der Waals surface area contributed by atoms with Gasteiger partial charge in [-0.2, -0.15) is 0 Å². The summed E-state index contributed by atoms with van der Waals surface area (Å²) in [7, 11) is 0. The first kappa shape index (κ1) is 11.4. The average Bonchev–Trinajstić information content (AvgIpc) is 2.08. The largest absolute Gasteiger partial charge is 0.506 e. The number of hydrogen-bond donors (Lipinski definition) is 1. The zero-order valence-corrected chi connectivity index (χ0v) is 9.89. The van der Waals surface area contributed by atoms with Crippen LogP contribution in [0.2, 0.25) is 5.02 Å². The van der Waals surface area contributed by atoms with E-state index in [1.54, 1.807) is 0 Å². The molecule has 0 unspecified atom stereocenters. The van der Waals surface area contributed by atoms with Gasteiger partial charge in [-0.15, -0.1) is 0 Å². The van der Waals surface area contributed by atoms with Crippen molar-refractivity contribution in [2.45, 2.75) is 39.5 Å². The van der Waals surface area contributed by atoms with Crippen LogP contribution in [-0.2, 0) is 0 Å². The Morgan fingerprint density at radius 2 is 1.43 bits per heavy atom. The van der Waals surface area contributed by atoms with Crippen LogP contribution in [0.3, 0.4) is 0 Å². The molecule has 0 spiro atoms. The molecule has 1 nitrogen and oxygen atoms in total. The fourth-order valence-corrected chi connectivity index (χ4v) is 1.90. The Kier molecular flexibility index (Phi) is 3.43. The third kappa shape index (κ3) is 2.03. The molecule has 0 aromatic heterocycles. The first-order valence-corrected chi connectivity index (χ1v) is 5.34. The maximum Gasteiger partial charge on any atom is 0.137 e. The van der Waals surface area contributed by atoms with Crippen LogP contribution in [0.25, 0.3) is 0 Å². The third-order valence-electron chi connectivity index (χ3n) is 2.42. The molecule has 2 heteroatoms. The van der Waals surface area contributed by atoms with Crippen molar-refractivity contribution in [1.29, 1.82) is 0 Å². The van der Waals surface area contributed by atoms with E-state index in [0.29, 0.717) is 16.9 Å². The van der Waals surface area contributed by atoms with Crippen molar-refractivity contribution in [2.24, 2.45) is 0 Å². The smallest absolute Gasteiger partial charge is 0.137 e. The molecule has 0 saturated carbocycles. The summed E-state index contributed by atoms with van der Waals surface area (Å²) in [5.74, 6) is 0.885. The van der Waals surface area contributed by atoms with Gasteiger partial charge in [0.1, 0.15) is 5.75 Å². The van der Waals surface area contributed by atoms with Gasteiger partial charge in [0.2, 0.25) is 0 Å². The minimum atomic E-state index is 0.243. The number of phenolic OH excluding ortho intramolecular Hbond substituents is 1. The van der Waals surface area contributed by atoms with Crippen molar-refractivity contribution in [1.82, 2.24) is 0 Å². The molecule has 0 atom stereocenters. The highest BCUT2D eigenvalue weighted by Gasteiger charge is 2.14. The van der Waals surface area contributed by atoms with Crippen LogP contribution in [-0.4, -0.2) is 5.11 Å². The number of hydrogen-bond acceptors (Lipinski definition) is 1. The van der Waals surface area contributed by atoms with Gasteiger partial charge in [-0.05, 0) is 23.0 Å². The molecule has 0 bridgehead atoms. The predicted octanol–water partition coefficient (Wildman–Crippen LogP) is 4.29. The van der Waals surface area contributed by atoms with Crippen LogP contribution < -0.4 is 0 Å². The van der Waals surface area contributed by atoms with E-state index < -0.39 is 0 Å². The van der Waals surface area contributed by atoms with E-state index in [9.17, 15) is 5.11 Å². The first-order chi connectivity index (χ1) is 6.45. The van der Waals surface area contributed by atoms with Crippen LogP contribution in [0.4, 0.5) is 0 Å². The fraction of sp³-hybridized carbons (Fsp3) is 0.500. The highest BCUT2D eigenvalue weighted by molar-refractivity contribution is 6.33. The molecule has 1 aromatic carbocycles. The average molecular weight is 213 g/mol. The first-order valence-electron chi connectivity index (χ1n) is 4.96. The van der Waals surface area contributed by atoms with Gasteiger partial charge in [-0.25, -0.2) is 0 Å². The SMILES string of the molecule is CC(C)c1ccc(C(C)C)c(Cl)c1O. The maximum absolute atomic E-state index is 9.87. The van der Waals surface area contributed by atoms with Crippen LogP contribution in [0.5, 0.6) is 5.75 Å². The Labute approximate surface area is 90.7 Å². The van der Waals surface area contributed by atoms with E-state index in [2.05, 4.69) is 13.8 Å². The minimum Gasteiger partial charge on any atom is -0.506 e. The van der Waals surface area contributed by atoms with Crippen molar-refractivity contribution in [3.05, 3.63) is 28.3 Å². The number of phenols is 1. The maximum atomic E-state index is 9.87. The van der Waals surface area contributed by atoms with Gasteiger partial charge in [0.05, 0.1) is 5.02 Å². The van der Waals surface area contributed by atoms with Gasteiger partial charge in [0.15, 0.2) is 0 Å². The van der Waals surface area contributed by atoms with Gasteiger partial charge in [-0.3, -0.25) is 0 Å². The van der Waals surface area contributed by atoms with Gasteiger partial charge < -0.3 is 5.11 Å². The van der Waals surface area contributed by atoms with Crippen LogP contribution in [0.1, 0.15) is 50.7 Å². The molecule has 0 radical (unpaired) electrons. The second kappa shape index (κ2) is 4.22. The fourth-order valence-electron chi connectivity index (χ4n) is 1.51. The third-order valence-corrected chi connectivity index (χ3v) is 2.82. The summed E-state index contributed by atoms with van der Waals surface area (Å²) in [4.78, 5) is 0. The van der Waals surface area contributed by atoms with Crippen molar-refractivity contribution < 1.29 is 5.11 Å². The number of aromatic hydroxyl groups is 1. The molecule has 1 rings (SSSR count). The van der Waals surface area contributed by atoms with Gasteiger partial charge in [-0.1, -0.05) is 51.4 Å². The van der Waals surface area contributed by atoms with Crippen molar-refractivity contribution in [2.75, 3.05) is 0 Å². The summed E-state index contributed by atoms with van der Waals surface area (Å²) in [6.07, 6.45) is 0. The van der Waals surface area contributed by atoms with E-state index in [4.69, 9.17) is 11.6 Å². The topological polar surface area (TPSA) is 20.2 Å². The zero-order valence-electron chi connectivity index (χ0n) is 9.13. The molecular weight excluding hydrogens is 196 g/mol. The lowest BCUT2D eigenvalue weighted by Crippen LogP contribution is -1.94. The summed E-state index contributed by atoms with van der Waals surface area (Å²) in [5, 5.41) is 10.4. The molecule has 0 amide bonds. The molecule has 0 fully saturated rings. The Morgan fingerprint density at radius 1 is 1.00 bits per heavy atom. The quantitative estimate of drug-likeness (QED) is 0.776. The molecule has 1 aromatic rings. The predicted molar refractivity (Wildman–Crippen MR) is 61.3 cm³/mol. The lowest BCUT2D eigenvalue weighted by atomic mass is 9.96. The van der Waals surface area contributed by atoms with E-state index in [-0.39, 0.29) is 5.75 Å². The number of rotatable bonds is 2. The molecule has 0 aliphatic heterocycles. The van der Waals surface area contributed by atoms with Crippen LogP contribution >= 0.6 is 11.6 Å². The Hall–Kier alpha value is -0.690. The van der Waals surface area contributed by atoms with Crippen LogP contribution in [0.15, 0.2) is 12.1 Å². The normalized spacial score (nSPS) is 11.4. The Bertz CT molecular complexity index is 296. The second-order valence-electron chi connectivity index (χ2n) is 4.22. The van der Waals surface area contributed by atoms with Crippen LogP contribution in [0, 0.1) is 0 Å². The van der Waals surface area contributed by atoms with Crippen molar-refractivity contribution in [3.8, 4) is 5.75 Å². The molecule has 0 aliphatic carbocycles.